The minimum atomic E-state index is 0.353. The van der Waals surface area contributed by atoms with Gasteiger partial charge in [0.15, 0.2) is 0 Å². The van der Waals surface area contributed by atoms with Crippen LogP contribution in [-0.4, -0.2) is 7.05 Å². The predicted octanol–water partition coefficient (Wildman–Crippen LogP) is 13.0. The number of hydrogen-bond donors (Lipinski definition) is 0. The lowest BCUT2D eigenvalue weighted by Crippen LogP contribution is -2.20. The van der Waals surface area contributed by atoms with Gasteiger partial charge in [-0.1, -0.05) is 153 Å². The second-order valence-corrected chi connectivity index (χ2v) is 13.1. The monoisotopic (exact) mass is 644 g/mol. The average molecular weight is 645 g/mol. The van der Waals surface area contributed by atoms with Crippen LogP contribution in [0.3, 0.4) is 0 Å². The first kappa shape index (κ1) is 31.2. The van der Waals surface area contributed by atoms with Gasteiger partial charge in [0.2, 0.25) is 0 Å². The molecule has 0 aromatic heterocycles. The van der Waals surface area contributed by atoms with Gasteiger partial charge in [-0.15, -0.1) is 0 Å². The number of nitrogens with zero attached hydrogens (tertiary/aromatic N) is 2. The highest BCUT2D eigenvalue weighted by molar-refractivity contribution is 5.97. The van der Waals surface area contributed by atoms with E-state index in [0.29, 0.717) is 11.8 Å². The Hall–Kier alpha value is -6.12. The lowest BCUT2D eigenvalue weighted by molar-refractivity contribution is 0.628. The summed E-state index contributed by atoms with van der Waals surface area (Å²) in [5.41, 5.74) is 12.0. The first-order chi connectivity index (χ1) is 24.6. The molecular weight excluding hydrogens is 605 g/mol. The van der Waals surface area contributed by atoms with Crippen molar-refractivity contribution in [2.75, 3.05) is 16.8 Å². The fourth-order valence-corrected chi connectivity index (χ4v) is 7.23. The van der Waals surface area contributed by atoms with E-state index in [-0.39, 0.29) is 0 Å². The van der Waals surface area contributed by atoms with E-state index in [1.807, 2.05) is 0 Å². The molecule has 1 aliphatic carbocycles. The van der Waals surface area contributed by atoms with Crippen LogP contribution in [-0.2, 0) is 0 Å². The van der Waals surface area contributed by atoms with Gasteiger partial charge in [0, 0.05) is 41.1 Å². The van der Waals surface area contributed by atoms with Crippen LogP contribution in [0.25, 0.3) is 33.0 Å². The molecule has 8 rings (SSSR count). The molecule has 2 unspecified atom stereocenters. The van der Waals surface area contributed by atoms with Gasteiger partial charge in [-0.05, 0) is 87.7 Å². The third kappa shape index (κ3) is 6.24. The number of fused-ring (bicyclic) bond motifs is 1. The molecule has 2 heteroatoms. The van der Waals surface area contributed by atoms with E-state index >= 15 is 0 Å². The summed E-state index contributed by atoms with van der Waals surface area (Å²) in [6, 6.07) is 63.3. The highest BCUT2D eigenvalue weighted by Gasteiger charge is 2.23. The molecule has 0 N–H and O–H groups in total. The summed E-state index contributed by atoms with van der Waals surface area (Å²) < 4.78 is 0. The number of anilines is 4. The topological polar surface area (TPSA) is 6.48 Å². The maximum atomic E-state index is 2.43. The van der Waals surface area contributed by atoms with Crippen molar-refractivity contribution in [3.8, 4) is 22.3 Å². The zero-order chi connectivity index (χ0) is 33.9. The molecule has 7 aromatic rings. The molecule has 1 aliphatic rings. The van der Waals surface area contributed by atoms with E-state index in [0.717, 1.165) is 17.1 Å². The number of allylic oxidation sites excluding steroid dienone is 3. The summed E-state index contributed by atoms with van der Waals surface area (Å²) in [4.78, 5) is 4.66. The summed E-state index contributed by atoms with van der Waals surface area (Å²) in [5.74, 6) is 0.707. The van der Waals surface area contributed by atoms with E-state index in [9.17, 15) is 0 Å². The first-order valence-electron chi connectivity index (χ1n) is 17.4. The number of hydrogen-bond acceptors (Lipinski definition) is 2. The van der Waals surface area contributed by atoms with Crippen molar-refractivity contribution < 1.29 is 0 Å². The Labute approximate surface area is 295 Å². The fraction of sp³-hybridized carbons (Fsp3) is 0.0833. The summed E-state index contributed by atoms with van der Waals surface area (Å²) >= 11 is 0. The molecule has 2 nitrogen and oxygen atoms in total. The quantitative estimate of drug-likeness (QED) is 0.162. The predicted molar refractivity (Wildman–Crippen MR) is 213 cm³/mol. The summed E-state index contributed by atoms with van der Waals surface area (Å²) in [6.45, 7) is 2.33. The molecular formula is C48H40N2. The van der Waals surface area contributed by atoms with Gasteiger partial charge in [-0.25, -0.2) is 0 Å². The van der Waals surface area contributed by atoms with Gasteiger partial charge in [0.1, 0.15) is 0 Å². The van der Waals surface area contributed by atoms with Crippen LogP contribution >= 0.6 is 0 Å². The van der Waals surface area contributed by atoms with Crippen LogP contribution in [0.15, 0.2) is 200 Å². The van der Waals surface area contributed by atoms with Crippen LogP contribution in [0.2, 0.25) is 0 Å². The van der Waals surface area contributed by atoms with Crippen molar-refractivity contribution in [2.24, 2.45) is 5.92 Å². The zero-order valence-electron chi connectivity index (χ0n) is 28.5. The number of benzene rings is 7. The summed E-state index contributed by atoms with van der Waals surface area (Å²) in [7, 11) is 2.13. The first-order valence-corrected chi connectivity index (χ1v) is 17.4. The Morgan fingerprint density at radius 1 is 0.480 bits per heavy atom. The van der Waals surface area contributed by atoms with Crippen molar-refractivity contribution >= 4 is 33.5 Å². The Kier molecular flexibility index (Phi) is 8.59. The molecule has 0 heterocycles. The standard InChI is InChI=1S/C48H40N2/c1-35-33-45(31-32-46(35)39-15-7-4-8-16-39)50(48-22-12-18-40-17-9-10-21-47(40)48)43-29-25-38(26-30-43)37-23-27-42(28-24-37)49(2)44-20-11-19-41(34-44)36-13-5-3-6-14-36/h3-35,46H,1-2H3. The lowest BCUT2D eigenvalue weighted by atomic mass is 9.83. The zero-order valence-corrected chi connectivity index (χ0v) is 28.5. The van der Waals surface area contributed by atoms with Gasteiger partial charge in [0.05, 0.1) is 5.69 Å². The molecule has 242 valence electrons. The highest BCUT2D eigenvalue weighted by atomic mass is 15.1. The SMILES string of the molecule is CC1C=C(N(c2ccc(-c3ccc(N(C)c4cccc(-c5ccccc5)c4)cc3)cc2)c2cccc3ccccc23)C=CC1c1ccccc1. The normalized spacial score (nSPS) is 15.4. The van der Waals surface area contributed by atoms with Crippen molar-refractivity contribution in [2.45, 2.75) is 12.8 Å². The average Bonchev–Trinajstić information content (AvgIpc) is 3.19. The molecule has 0 spiro atoms. The molecule has 0 radical (unpaired) electrons. The molecule has 50 heavy (non-hydrogen) atoms. The Morgan fingerprint density at radius 2 is 1.06 bits per heavy atom. The van der Waals surface area contributed by atoms with Crippen LogP contribution in [0.5, 0.6) is 0 Å². The van der Waals surface area contributed by atoms with Crippen LogP contribution < -0.4 is 9.80 Å². The molecule has 0 fully saturated rings. The van der Waals surface area contributed by atoms with Crippen LogP contribution in [0, 0.1) is 5.92 Å². The van der Waals surface area contributed by atoms with E-state index in [2.05, 4.69) is 218 Å². The minimum absolute atomic E-state index is 0.353. The Balaban J connectivity index is 1.09. The molecule has 0 bridgehead atoms. The van der Waals surface area contributed by atoms with E-state index < -0.39 is 0 Å². The van der Waals surface area contributed by atoms with Crippen molar-refractivity contribution in [3.63, 3.8) is 0 Å². The Bertz CT molecular complexity index is 2280. The molecule has 0 aliphatic heterocycles. The van der Waals surface area contributed by atoms with Gasteiger partial charge >= 0.3 is 0 Å². The smallest absolute Gasteiger partial charge is 0.0539 e. The van der Waals surface area contributed by atoms with E-state index in [1.54, 1.807) is 0 Å². The maximum Gasteiger partial charge on any atom is 0.0539 e. The van der Waals surface area contributed by atoms with E-state index in [1.165, 1.54) is 50.0 Å². The largest absolute Gasteiger partial charge is 0.345 e. The van der Waals surface area contributed by atoms with Gasteiger partial charge in [-0.2, -0.15) is 0 Å². The van der Waals surface area contributed by atoms with Crippen molar-refractivity contribution in [3.05, 3.63) is 205 Å². The number of rotatable bonds is 8. The Morgan fingerprint density at radius 3 is 1.78 bits per heavy atom. The highest BCUT2D eigenvalue weighted by Crippen LogP contribution is 2.41. The second kappa shape index (κ2) is 13.8. The van der Waals surface area contributed by atoms with Crippen molar-refractivity contribution in [1.82, 2.24) is 0 Å². The fourth-order valence-electron chi connectivity index (χ4n) is 7.23. The van der Waals surface area contributed by atoms with Gasteiger partial charge in [0.25, 0.3) is 0 Å². The van der Waals surface area contributed by atoms with Crippen LogP contribution in [0.4, 0.5) is 22.7 Å². The van der Waals surface area contributed by atoms with E-state index in [4.69, 9.17) is 0 Å². The molecule has 7 aromatic carbocycles. The summed E-state index contributed by atoms with van der Waals surface area (Å²) in [5, 5.41) is 2.47. The molecule has 0 saturated heterocycles. The maximum absolute atomic E-state index is 2.43. The van der Waals surface area contributed by atoms with Crippen LogP contribution in [0.1, 0.15) is 18.4 Å². The van der Waals surface area contributed by atoms with Gasteiger partial charge in [-0.3, -0.25) is 0 Å². The molecule has 0 saturated carbocycles. The molecule has 2 atom stereocenters. The third-order valence-electron chi connectivity index (χ3n) is 9.98. The van der Waals surface area contributed by atoms with Crippen molar-refractivity contribution in [1.29, 1.82) is 0 Å². The summed E-state index contributed by atoms with van der Waals surface area (Å²) in [6.07, 6.45) is 7.11. The lowest BCUT2D eigenvalue weighted by Gasteiger charge is -2.32. The third-order valence-corrected chi connectivity index (χ3v) is 9.98. The second-order valence-electron chi connectivity index (χ2n) is 13.1. The van der Waals surface area contributed by atoms with Gasteiger partial charge < -0.3 is 9.80 Å². The minimum Gasteiger partial charge on any atom is -0.345 e. The molecule has 0 amide bonds.